The van der Waals surface area contributed by atoms with E-state index in [0.29, 0.717) is 18.7 Å². The third kappa shape index (κ3) is 2.78. The van der Waals surface area contributed by atoms with Crippen molar-refractivity contribution >= 4 is 11.9 Å². The van der Waals surface area contributed by atoms with Gasteiger partial charge < -0.3 is 14.9 Å². The molecule has 1 saturated heterocycles. The summed E-state index contributed by atoms with van der Waals surface area (Å²) in [6, 6.07) is 5.07. The van der Waals surface area contributed by atoms with Crippen molar-refractivity contribution in [2.24, 2.45) is 0 Å². The van der Waals surface area contributed by atoms with Crippen LogP contribution in [0.5, 0.6) is 0 Å². The van der Waals surface area contributed by atoms with Crippen molar-refractivity contribution in [3.8, 4) is 0 Å². The number of carboxylic acid groups (broad SMARTS) is 1. The van der Waals surface area contributed by atoms with E-state index < -0.39 is 5.97 Å². The summed E-state index contributed by atoms with van der Waals surface area (Å²) in [5.41, 5.74) is 1.33. The number of fused-ring (bicyclic) bond motifs is 1. The Kier molecular flexibility index (Phi) is 3.92. The van der Waals surface area contributed by atoms with Crippen LogP contribution in [0, 0.1) is 0 Å². The highest BCUT2D eigenvalue weighted by Crippen LogP contribution is 2.26. The number of nitrogens with zero attached hydrogens (tertiary/aromatic N) is 2. The molecule has 1 amide bonds. The van der Waals surface area contributed by atoms with Gasteiger partial charge in [-0.3, -0.25) is 4.79 Å². The Morgan fingerprint density at radius 1 is 1.14 bits per heavy atom. The Morgan fingerprint density at radius 3 is 2.62 bits per heavy atom. The monoisotopic (exact) mass is 288 g/mol. The first-order valence-corrected chi connectivity index (χ1v) is 7.53. The van der Waals surface area contributed by atoms with E-state index in [-0.39, 0.29) is 11.5 Å². The van der Waals surface area contributed by atoms with Crippen molar-refractivity contribution in [2.75, 3.05) is 26.2 Å². The molecule has 0 saturated carbocycles. The van der Waals surface area contributed by atoms with E-state index in [9.17, 15) is 14.7 Å². The maximum Gasteiger partial charge on any atom is 0.336 e. The predicted molar refractivity (Wildman–Crippen MR) is 78.4 cm³/mol. The summed E-state index contributed by atoms with van der Waals surface area (Å²) < 4.78 is 0. The highest BCUT2D eigenvalue weighted by molar-refractivity contribution is 6.07. The van der Waals surface area contributed by atoms with Crippen molar-refractivity contribution in [2.45, 2.75) is 25.8 Å². The molecule has 21 heavy (non-hydrogen) atoms. The van der Waals surface area contributed by atoms with Gasteiger partial charge in [0.2, 0.25) is 0 Å². The van der Waals surface area contributed by atoms with Crippen LogP contribution in [0.4, 0.5) is 0 Å². The number of carbonyl (C=O) groups excluding carboxylic acids is 1. The summed E-state index contributed by atoms with van der Waals surface area (Å²) in [5.74, 6) is -1.17. The van der Waals surface area contributed by atoms with Crippen molar-refractivity contribution in [3.63, 3.8) is 0 Å². The molecular formula is C16H20N2O3. The number of piperidine rings is 1. The topological polar surface area (TPSA) is 60.9 Å². The lowest BCUT2D eigenvalue weighted by molar-refractivity contribution is 0.0679. The van der Waals surface area contributed by atoms with Crippen molar-refractivity contribution in [3.05, 3.63) is 34.9 Å². The normalized spacial score (nSPS) is 18.9. The molecule has 1 fully saturated rings. The number of aromatic carboxylic acids is 1. The van der Waals surface area contributed by atoms with E-state index in [4.69, 9.17) is 0 Å². The van der Waals surface area contributed by atoms with Crippen LogP contribution in [0.2, 0.25) is 0 Å². The molecule has 0 radical (unpaired) electrons. The summed E-state index contributed by atoms with van der Waals surface area (Å²) in [7, 11) is 0. The van der Waals surface area contributed by atoms with E-state index in [1.165, 1.54) is 25.3 Å². The van der Waals surface area contributed by atoms with Crippen LogP contribution in [0.25, 0.3) is 0 Å². The summed E-state index contributed by atoms with van der Waals surface area (Å²) in [6.45, 7) is 4.29. The first-order chi connectivity index (χ1) is 10.2. The Labute approximate surface area is 124 Å². The molecule has 3 rings (SSSR count). The highest BCUT2D eigenvalue weighted by Gasteiger charge is 2.31. The van der Waals surface area contributed by atoms with Gasteiger partial charge >= 0.3 is 5.97 Å². The molecule has 2 aliphatic rings. The minimum Gasteiger partial charge on any atom is -0.478 e. The SMILES string of the molecule is O=C(O)c1cccc2c1C(=O)N(CCN1CCCCC1)C2. The molecule has 0 atom stereocenters. The molecule has 0 bridgehead atoms. The Morgan fingerprint density at radius 2 is 1.90 bits per heavy atom. The third-order valence-corrected chi connectivity index (χ3v) is 4.38. The molecule has 5 heteroatoms. The summed E-state index contributed by atoms with van der Waals surface area (Å²) in [4.78, 5) is 27.8. The molecule has 0 aliphatic carbocycles. The first-order valence-electron chi connectivity index (χ1n) is 7.53. The van der Waals surface area contributed by atoms with E-state index in [0.717, 1.165) is 25.2 Å². The lowest BCUT2D eigenvalue weighted by Crippen LogP contribution is -2.38. The van der Waals surface area contributed by atoms with Gasteiger partial charge in [0.25, 0.3) is 5.91 Å². The minimum atomic E-state index is -1.03. The number of likely N-dealkylation sites (tertiary alicyclic amines) is 1. The zero-order valence-corrected chi connectivity index (χ0v) is 12.0. The van der Waals surface area contributed by atoms with Crippen LogP contribution < -0.4 is 0 Å². The van der Waals surface area contributed by atoms with Gasteiger partial charge in [0.05, 0.1) is 11.1 Å². The second-order valence-electron chi connectivity index (χ2n) is 5.77. The van der Waals surface area contributed by atoms with Gasteiger partial charge in [-0.1, -0.05) is 18.6 Å². The van der Waals surface area contributed by atoms with Gasteiger partial charge in [0.15, 0.2) is 0 Å². The lowest BCUT2D eigenvalue weighted by Gasteiger charge is -2.28. The molecule has 0 unspecified atom stereocenters. The summed E-state index contributed by atoms with van der Waals surface area (Å²) in [6.07, 6.45) is 3.77. The number of amides is 1. The molecule has 2 aliphatic heterocycles. The van der Waals surface area contributed by atoms with Gasteiger partial charge in [-0.15, -0.1) is 0 Å². The van der Waals surface area contributed by atoms with Gasteiger partial charge in [0, 0.05) is 19.6 Å². The molecule has 5 nitrogen and oxygen atoms in total. The van der Waals surface area contributed by atoms with Crippen LogP contribution in [0.1, 0.15) is 45.5 Å². The van der Waals surface area contributed by atoms with Crippen LogP contribution >= 0.6 is 0 Å². The van der Waals surface area contributed by atoms with Gasteiger partial charge in [0.1, 0.15) is 0 Å². The molecule has 2 heterocycles. The van der Waals surface area contributed by atoms with Gasteiger partial charge in [-0.2, -0.15) is 0 Å². The van der Waals surface area contributed by atoms with Crippen LogP contribution in [-0.4, -0.2) is 53.0 Å². The second kappa shape index (κ2) is 5.85. The van der Waals surface area contributed by atoms with E-state index >= 15 is 0 Å². The second-order valence-corrected chi connectivity index (χ2v) is 5.77. The predicted octanol–water partition coefficient (Wildman–Crippen LogP) is 1.83. The molecule has 1 aromatic rings. The van der Waals surface area contributed by atoms with Crippen molar-refractivity contribution in [1.82, 2.24) is 9.80 Å². The smallest absolute Gasteiger partial charge is 0.336 e. The Bertz CT molecular complexity index is 565. The number of carboxylic acids is 1. The quantitative estimate of drug-likeness (QED) is 0.918. The van der Waals surface area contributed by atoms with Crippen LogP contribution in [-0.2, 0) is 6.54 Å². The van der Waals surface area contributed by atoms with Crippen LogP contribution in [0.3, 0.4) is 0 Å². The first kappa shape index (κ1) is 14.1. The van der Waals surface area contributed by atoms with E-state index in [1.807, 2.05) is 6.07 Å². The van der Waals surface area contributed by atoms with Crippen molar-refractivity contribution in [1.29, 1.82) is 0 Å². The fourth-order valence-corrected chi connectivity index (χ4v) is 3.22. The van der Waals surface area contributed by atoms with Crippen molar-refractivity contribution < 1.29 is 14.7 Å². The molecule has 112 valence electrons. The fraction of sp³-hybridized carbons (Fsp3) is 0.500. The van der Waals surface area contributed by atoms with Crippen LogP contribution in [0.15, 0.2) is 18.2 Å². The lowest BCUT2D eigenvalue weighted by atomic mass is 10.0. The zero-order chi connectivity index (χ0) is 14.8. The minimum absolute atomic E-state index is 0.123. The number of rotatable bonds is 4. The molecule has 1 aromatic carbocycles. The maximum absolute atomic E-state index is 12.4. The number of hydrogen-bond acceptors (Lipinski definition) is 3. The Balaban J connectivity index is 1.69. The average Bonchev–Trinajstić information content (AvgIpc) is 2.83. The average molecular weight is 288 g/mol. The third-order valence-electron chi connectivity index (χ3n) is 4.38. The van der Waals surface area contributed by atoms with Gasteiger partial charge in [-0.05, 0) is 37.6 Å². The summed E-state index contributed by atoms with van der Waals surface area (Å²) in [5, 5.41) is 9.21. The number of benzene rings is 1. The highest BCUT2D eigenvalue weighted by atomic mass is 16.4. The van der Waals surface area contributed by atoms with Gasteiger partial charge in [-0.25, -0.2) is 4.79 Å². The largest absolute Gasteiger partial charge is 0.478 e. The summed E-state index contributed by atoms with van der Waals surface area (Å²) >= 11 is 0. The zero-order valence-electron chi connectivity index (χ0n) is 12.0. The molecule has 1 N–H and O–H groups in total. The maximum atomic E-state index is 12.4. The number of hydrogen-bond donors (Lipinski definition) is 1. The molecular weight excluding hydrogens is 268 g/mol. The van der Waals surface area contributed by atoms with E-state index in [1.54, 1.807) is 11.0 Å². The standard InChI is InChI=1S/C16H20N2O3/c19-15-14-12(5-4-6-13(14)16(20)21)11-18(15)10-9-17-7-2-1-3-8-17/h4-6H,1-3,7-11H2,(H,20,21). The number of carbonyl (C=O) groups is 2. The molecule has 0 aromatic heterocycles. The fourth-order valence-electron chi connectivity index (χ4n) is 3.22. The van der Waals surface area contributed by atoms with E-state index in [2.05, 4.69) is 4.90 Å². The Hall–Kier alpha value is -1.88. The molecule has 0 spiro atoms.